The van der Waals surface area contributed by atoms with Gasteiger partial charge in [-0.1, -0.05) is 47.2 Å². The molecule has 1 aromatic heterocycles. The van der Waals surface area contributed by atoms with Gasteiger partial charge in [-0.3, -0.25) is 9.36 Å². The summed E-state index contributed by atoms with van der Waals surface area (Å²) in [5, 5.41) is 3.51. The molecule has 26 heavy (non-hydrogen) atoms. The molecule has 0 bridgehead atoms. The second-order valence-corrected chi connectivity index (χ2v) is 7.79. The molecule has 1 N–H and O–H groups in total. The van der Waals surface area contributed by atoms with Gasteiger partial charge in [0.25, 0.3) is 0 Å². The summed E-state index contributed by atoms with van der Waals surface area (Å²) < 4.78 is 2.04. The van der Waals surface area contributed by atoms with E-state index in [1.165, 1.54) is 28.5 Å². The zero-order valence-corrected chi connectivity index (χ0v) is 16.3. The van der Waals surface area contributed by atoms with Gasteiger partial charge in [-0.2, -0.15) is 0 Å². The van der Waals surface area contributed by atoms with Crippen LogP contribution in [0.15, 0.2) is 60.0 Å². The average Bonchev–Trinajstić information content (AvgIpc) is 3.04. The van der Waals surface area contributed by atoms with E-state index in [-0.39, 0.29) is 11.2 Å². The lowest BCUT2D eigenvalue weighted by Crippen LogP contribution is -2.22. The number of thioether (sulfide) groups is 1. The summed E-state index contributed by atoms with van der Waals surface area (Å²) in [6.07, 6.45) is 3.71. The van der Waals surface area contributed by atoms with Crippen molar-refractivity contribution in [1.82, 2.24) is 9.55 Å². The Morgan fingerprint density at radius 2 is 1.77 bits per heavy atom. The summed E-state index contributed by atoms with van der Waals surface area (Å²) >= 11 is 1.45. The Morgan fingerprint density at radius 1 is 1.08 bits per heavy atom. The number of hydrogen-bond donors (Lipinski definition) is 1. The Labute approximate surface area is 158 Å². The van der Waals surface area contributed by atoms with E-state index in [1.807, 2.05) is 48.9 Å². The van der Waals surface area contributed by atoms with Crippen LogP contribution in [-0.2, 0) is 4.79 Å². The monoisotopic (exact) mass is 365 g/mol. The van der Waals surface area contributed by atoms with E-state index in [2.05, 4.69) is 42.3 Å². The van der Waals surface area contributed by atoms with Crippen molar-refractivity contribution in [3.63, 3.8) is 0 Å². The van der Waals surface area contributed by atoms with Crippen molar-refractivity contribution < 1.29 is 4.79 Å². The molecule has 0 aliphatic heterocycles. The molecule has 0 radical (unpaired) electrons. The number of nitrogens with zero attached hydrogens (tertiary/aromatic N) is 2. The number of amides is 1. The molecule has 0 saturated heterocycles. The third-order valence-corrected chi connectivity index (χ3v) is 5.27. The summed E-state index contributed by atoms with van der Waals surface area (Å²) in [6, 6.07) is 14.1. The van der Waals surface area contributed by atoms with Gasteiger partial charge in [-0.05, 0) is 51.5 Å². The van der Waals surface area contributed by atoms with Crippen molar-refractivity contribution in [2.24, 2.45) is 0 Å². The first-order chi connectivity index (χ1) is 12.4. The van der Waals surface area contributed by atoms with Crippen molar-refractivity contribution in [3.8, 4) is 5.69 Å². The van der Waals surface area contributed by atoms with E-state index < -0.39 is 0 Å². The normalized spacial score (nSPS) is 12.0. The minimum absolute atomic E-state index is 0.0333. The number of aryl methyl sites for hydroxylation is 3. The van der Waals surface area contributed by atoms with Crippen LogP contribution >= 0.6 is 11.8 Å². The zero-order valence-electron chi connectivity index (χ0n) is 15.5. The molecule has 3 aromatic rings. The van der Waals surface area contributed by atoms with Crippen LogP contribution in [0.1, 0.15) is 23.6 Å². The highest BCUT2D eigenvalue weighted by atomic mass is 32.2. The Bertz CT molecular complexity index is 915. The van der Waals surface area contributed by atoms with E-state index >= 15 is 0 Å². The number of imidazole rings is 1. The summed E-state index contributed by atoms with van der Waals surface area (Å²) in [6.45, 7) is 8.09. The van der Waals surface area contributed by atoms with Crippen LogP contribution < -0.4 is 5.32 Å². The molecule has 2 aromatic carbocycles. The van der Waals surface area contributed by atoms with Crippen molar-refractivity contribution in [1.29, 1.82) is 0 Å². The number of benzene rings is 2. The second kappa shape index (κ2) is 7.79. The van der Waals surface area contributed by atoms with E-state index in [9.17, 15) is 4.79 Å². The van der Waals surface area contributed by atoms with Crippen LogP contribution in [0, 0.1) is 20.8 Å². The van der Waals surface area contributed by atoms with E-state index in [0.717, 1.165) is 16.5 Å². The molecule has 0 spiro atoms. The maximum Gasteiger partial charge on any atom is 0.237 e. The molecule has 5 heteroatoms. The predicted molar refractivity (Wildman–Crippen MR) is 108 cm³/mol. The van der Waals surface area contributed by atoms with Crippen LogP contribution in [-0.4, -0.2) is 20.7 Å². The second-order valence-electron chi connectivity index (χ2n) is 6.49. The highest BCUT2D eigenvalue weighted by Crippen LogP contribution is 2.27. The van der Waals surface area contributed by atoms with Gasteiger partial charge >= 0.3 is 0 Å². The molecule has 3 rings (SSSR count). The van der Waals surface area contributed by atoms with Crippen molar-refractivity contribution in [3.05, 3.63) is 71.5 Å². The molecule has 1 heterocycles. The van der Waals surface area contributed by atoms with Gasteiger partial charge in [0, 0.05) is 18.1 Å². The predicted octanol–water partition coefficient (Wildman–Crippen LogP) is 4.92. The number of rotatable bonds is 5. The fourth-order valence-corrected chi connectivity index (χ4v) is 3.61. The number of anilines is 1. The summed E-state index contributed by atoms with van der Waals surface area (Å²) in [5.74, 6) is -0.0333. The number of nitrogens with one attached hydrogen (secondary N) is 1. The van der Waals surface area contributed by atoms with Gasteiger partial charge in [0.2, 0.25) is 5.91 Å². The highest BCUT2D eigenvalue weighted by molar-refractivity contribution is 8.00. The van der Waals surface area contributed by atoms with Crippen LogP contribution in [0.3, 0.4) is 0 Å². The lowest BCUT2D eigenvalue weighted by Gasteiger charge is -2.14. The standard InChI is InChI=1S/C21H23N3OS/c1-14-5-8-18(9-6-14)23-20(25)17(4)26-21-22-11-12-24(21)19-10-7-15(2)13-16(19)3/h5-13,17H,1-4H3,(H,23,25)/t17-/m1/s1. The Hall–Kier alpha value is -2.53. The van der Waals surface area contributed by atoms with Crippen molar-refractivity contribution in [2.75, 3.05) is 5.32 Å². The number of hydrogen-bond acceptors (Lipinski definition) is 3. The first kappa shape index (κ1) is 18.3. The molecular formula is C21H23N3OS. The molecule has 134 valence electrons. The molecule has 0 unspecified atom stereocenters. The number of carbonyl (C=O) groups excluding carboxylic acids is 1. The quantitative estimate of drug-likeness (QED) is 0.653. The molecule has 0 saturated carbocycles. The molecule has 0 aliphatic rings. The molecule has 1 atom stereocenters. The fourth-order valence-electron chi connectivity index (χ4n) is 2.73. The lowest BCUT2D eigenvalue weighted by atomic mass is 10.1. The van der Waals surface area contributed by atoms with E-state index in [0.29, 0.717) is 0 Å². The van der Waals surface area contributed by atoms with Gasteiger partial charge in [0.15, 0.2) is 5.16 Å². The van der Waals surface area contributed by atoms with E-state index in [1.54, 1.807) is 6.20 Å². The van der Waals surface area contributed by atoms with Crippen LogP contribution in [0.2, 0.25) is 0 Å². The van der Waals surface area contributed by atoms with Crippen molar-refractivity contribution >= 4 is 23.4 Å². The van der Waals surface area contributed by atoms with Gasteiger partial charge in [-0.25, -0.2) is 4.98 Å². The lowest BCUT2D eigenvalue weighted by molar-refractivity contribution is -0.115. The molecule has 0 fully saturated rings. The fraction of sp³-hybridized carbons (Fsp3) is 0.238. The van der Waals surface area contributed by atoms with Crippen molar-refractivity contribution in [2.45, 2.75) is 38.1 Å². The number of carbonyl (C=O) groups is 1. The largest absolute Gasteiger partial charge is 0.325 e. The maximum atomic E-state index is 12.5. The van der Waals surface area contributed by atoms with Gasteiger partial charge in [0.05, 0.1) is 10.9 Å². The Morgan fingerprint density at radius 3 is 2.46 bits per heavy atom. The minimum atomic E-state index is -0.261. The summed E-state index contributed by atoms with van der Waals surface area (Å²) in [5.41, 5.74) is 5.47. The molecule has 0 aliphatic carbocycles. The molecular weight excluding hydrogens is 342 g/mol. The summed E-state index contributed by atoms with van der Waals surface area (Å²) in [4.78, 5) is 17.0. The SMILES string of the molecule is Cc1ccc(NC(=O)[C@@H](C)Sc2nccn2-c2ccc(C)cc2C)cc1. The third kappa shape index (κ3) is 4.17. The Kier molecular flexibility index (Phi) is 5.47. The highest BCUT2D eigenvalue weighted by Gasteiger charge is 2.18. The third-order valence-electron chi connectivity index (χ3n) is 4.19. The Balaban J connectivity index is 1.74. The maximum absolute atomic E-state index is 12.5. The van der Waals surface area contributed by atoms with Crippen LogP contribution in [0.4, 0.5) is 5.69 Å². The average molecular weight is 366 g/mol. The zero-order chi connectivity index (χ0) is 18.7. The van der Waals surface area contributed by atoms with Crippen LogP contribution in [0.5, 0.6) is 0 Å². The van der Waals surface area contributed by atoms with E-state index in [4.69, 9.17) is 0 Å². The first-order valence-corrected chi connectivity index (χ1v) is 9.47. The minimum Gasteiger partial charge on any atom is -0.325 e. The summed E-state index contributed by atoms with van der Waals surface area (Å²) in [7, 11) is 0. The smallest absolute Gasteiger partial charge is 0.237 e. The van der Waals surface area contributed by atoms with Gasteiger partial charge < -0.3 is 5.32 Å². The molecule has 4 nitrogen and oxygen atoms in total. The topological polar surface area (TPSA) is 46.9 Å². The van der Waals surface area contributed by atoms with Gasteiger partial charge in [-0.15, -0.1) is 0 Å². The van der Waals surface area contributed by atoms with Crippen LogP contribution in [0.25, 0.3) is 5.69 Å². The molecule has 1 amide bonds. The number of aromatic nitrogens is 2. The first-order valence-electron chi connectivity index (χ1n) is 8.59. The van der Waals surface area contributed by atoms with Gasteiger partial charge in [0.1, 0.15) is 0 Å².